The molecule has 6 nitrogen and oxygen atoms in total. The average molecular weight is 1220 g/mol. The molecule has 0 saturated heterocycles. The van der Waals surface area contributed by atoms with E-state index < -0.39 is 0 Å². The first kappa shape index (κ1) is 53.4. The topological polar surface area (TPSA) is 87.9 Å². The Hall–Kier alpha value is -8.62. The van der Waals surface area contributed by atoms with E-state index >= 15 is 0 Å². The summed E-state index contributed by atoms with van der Waals surface area (Å²) in [5.41, 5.74) is 18.3. The zero-order chi connectivity index (χ0) is 55.0. The van der Waals surface area contributed by atoms with Crippen LogP contribution in [0.25, 0.3) is 117 Å². The zero-order valence-corrected chi connectivity index (χ0v) is 48.8. The van der Waals surface area contributed by atoms with Crippen LogP contribution in [0.3, 0.4) is 0 Å². The molecule has 3 aromatic heterocycles. The molecule has 0 aliphatic heterocycles. The van der Waals surface area contributed by atoms with Crippen LogP contribution in [0.1, 0.15) is 84.6 Å². The molecule has 12 aromatic rings. The molecule has 0 unspecified atom stereocenters. The van der Waals surface area contributed by atoms with Crippen molar-refractivity contribution in [3.8, 4) is 95.8 Å². The van der Waals surface area contributed by atoms with Crippen LogP contribution in [0.4, 0.5) is 0 Å². The summed E-state index contributed by atoms with van der Waals surface area (Å²) in [4.78, 5) is 10.9. The first-order valence-corrected chi connectivity index (χ1v) is 27.1. The Morgan fingerprint density at radius 2 is 1.12 bits per heavy atom. The van der Waals surface area contributed by atoms with Gasteiger partial charge in [-0.15, -0.1) is 17.7 Å². The van der Waals surface area contributed by atoms with E-state index in [2.05, 4.69) is 219 Å². The molecule has 9 aromatic carbocycles. The van der Waals surface area contributed by atoms with Gasteiger partial charge in [-0.2, -0.15) is 5.26 Å². The molecule has 80 heavy (non-hydrogen) atoms. The van der Waals surface area contributed by atoms with Gasteiger partial charge in [-0.25, -0.2) is 4.98 Å². The number of rotatable bonds is 8. The van der Waals surface area contributed by atoms with Crippen molar-refractivity contribution in [2.75, 3.05) is 0 Å². The summed E-state index contributed by atoms with van der Waals surface area (Å²) >= 11 is 0. The maximum Gasteiger partial charge on any atom is 0.148 e. The number of aromatic hydroxyl groups is 1. The van der Waals surface area contributed by atoms with E-state index in [-0.39, 0.29) is 43.1 Å². The van der Waals surface area contributed by atoms with Gasteiger partial charge in [0.25, 0.3) is 0 Å². The van der Waals surface area contributed by atoms with E-state index in [0.29, 0.717) is 39.4 Å². The first-order valence-electron chi connectivity index (χ1n) is 27.1. The molecule has 0 amide bonds. The van der Waals surface area contributed by atoms with Gasteiger partial charge in [-0.1, -0.05) is 231 Å². The maximum atomic E-state index is 12.7. The minimum absolute atomic E-state index is 0. The predicted molar refractivity (Wildman–Crippen MR) is 326 cm³/mol. The van der Waals surface area contributed by atoms with Gasteiger partial charge in [0.05, 0.1) is 39.5 Å². The van der Waals surface area contributed by atoms with Crippen LogP contribution in [0.5, 0.6) is 5.75 Å². The molecular formula is C73H61N4O2Pt-. The quantitative estimate of drug-likeness (QED) is 0.153. The van der Waals surface area contributed by atoms with Crippen LogP contribution in [0.15, 0.2) is 205 Å². The van der Waals surface area contributed by atoms with Crippen molar-refractivity contribution < 1.29 is 30.6 Å². The third kappa shape index (κ3) is 9.65. The Bertz CT molecular complexity index is 4340. The first-order chi connectivity index (χ1) is 37.9. The molecule has 0 bridgehead atoms. The number of aromatic nitrogens is 3. The fraction of sp³-hybridized carbons (Fsp3) is 0.164. The number of nitrogens with zero attached hydrogens (tertiary/aromatic N) is 4. The fourth-order valence-electron chi connectivity index (χ4n) is 11.0. The Labute approximate surface area is 483 Å². The van der Waals surface area contributed by atoms with Crippen molar-refractivity contribution in [2.45, 2.75) is 78.6 Å². The largest absolute Gasteiger partial charge is 0.507 e. The number of fused-ring (bicyclic) bond motifs is 4. The maximum absolute atomic E-state index is 12.7. The molecule has 0 aliphatic rings. The number of imidazole rings is 1. The van der Waals surface area contributed by atoms with Crippen LogP contribution < -0.4 is 0 Å². The molecule has 3 heterocycles. The minimum Gasteiger partial charge on any atom is -0.507 e. The summed E-state index contributed by atoms with van der Waals surface area (Å²) in [5, 5.41) is 25.2. The van der Waals surface area contributed by atoms with E-state index in [1.165, 1.54) is 5.56 Å². The molecule has 1 N–H and O–H groups in total. The van der Waals surface area contributed by atoms with Gasteiger partial charge in [0.1, 0.15) is 17.2 Å². The van der Waals surface area contributed by atoms with Crippen molar-refractivity contribution >= 4 is 33.0 Å². The number of hydrogen-bond donors (Lipinski definition) is 1. The second-order valence-electron chi connectivity index (χ2n) is 23.8. The van der Waals surface area contributed by atoms with E-state index in [4.69, 9.17) is 14.4 Å². The number of benzene rings is 9. The average Bonchev–Trinajstić information content (AvgIpc) is 4.05. The van der Waals surface area contributed by atoms with E-state index in [9.17, 15) is 10.4 Å². The molecule has 12 rings (SSSR count). The predicted octanol–water partition coefficient (Wildman–Crippen LogP) is 19.3. The second-order valence-corrected chi connectivity index (χ2v) is 23.8. The van der Waals surface area contributed by atoms with Crippen LogP contribution in [0, 0.1) is 17.4 Å². The van der Waals surface area contributed by atoms with Crippen molar-refractivity contribution in [3.05, 3.63) is 229 Å². The van der Waals surface area contributed by atoms with Crippen LogP contribution >= 0.6 is 0 Å². The Kier molecular flexibility index (Phi) is 13.7. The van der Waals surface area contributed by atoms with Crippen LogP contribution in [0.2, 0.25) is 0 Å². The summed E-state index contributed by atoms with van der Waals surface area (Å²) in [5.74, 6) is 0.830. The molecule has 396 valence electrons. The molecule has 0 fully saturated rings. The number of furan rings is 1. The molecule has 0 radical (unpaired) electrons. The second kappa shape index (κ2) is 20.6. The molecule has 0 saturated carbocycles. The minimum atomic E-state index is -0.382. The van der Waals surface area contributed by atoms with Gasteiger partial charge >= 0.3 is 0 Å². The van der Waals surface area contributed by atoms with Gasteiger partial charge in [0, 0.05) is 55.0 Å². The number of nitriles is 1. The van der Waals surface area contributed by atoms with E-state index in [1.807, 2.05) is 60.8 Å². The Morgan fingerprint density at radius 1 is 0.525 bits per heavy atom. The number of phenolic OH excluding ortho intramolecular Hbond substituents is 1. The van der Waals surface area contributed by atoms with Gasteiger partial charge in [-0.3, -0.25) is 9.55 Å². The Morgan fingerprint density at radius 3 is 1.74 bits per heavy atom. The SMILES string of the molecule is CC(C)(C)c1ccc(-n2c(-c3cc(C(C)(C)C)cc(C(C)(C)C)c3O)nc3c(-c4[c-]c(-c5ccc(-c6ccccc6)cn5)c5oc6c(-c7ccc(-c8ccccc8)cc7)c(C#N)ccc6c5c4)cccc32)c(-c2ccccc2)c1.[Pt]. The van der Waals surface area contributed by atoms with Crippen molar-refractivity contribution in [3.63, 3.8) is 0 Å². The number of phenols is 1. The molecular weight excluding hydrogens is 1160 g/mol. The monoisotopic (exact) mass is 1220 g/mol. The summed E-state index contributed by atoms with van der Waals surface area (Å²) in [6, 6.07) is 73.3. The number of pyridine rings is 1. The number of hydrogen-bond acceptors (Lipinski definition) is 5. The summed E-state index contributed by atoms with van der Waals surface area (Å²) in [7, 11) is 0. The van der Waals surface area contributed by atoms with E-state index in [0.717, 1.165) is 94.3 Å². The van der Waals surface area contributed by atoms with E-state index in [1.54, 1.807) is 0 Å². The van der Waals surface area contributed by atoms with Crippen molar-refractivity contribution in [1.82, 2.24) is 14.5 Å². The van der Waals surface area contributed by atoms with Gasteiger partial charge < -0.3 is 9.52 Å². The third-order valence-electron chi connectivity index (χ3n) is 15.4. The third-order valence-corrected chi connectivity index (χ3v) is 15.4. The van der Waals surface area contributed by atoms with Crippen LogP contribution in [-0.2, 0) is 37.3 Å². The standard InChI is InChI=1S/C73H61N4O2.Pt/c1-71(2,3)53-34-37-63(57(40-53)48-24-17-12-18-25-48)77-64-27-19-26-55(66(64)76-70(77)60-41-54(72(4,5)6)42-61(67(60)78)73(7,8)9)52-38-58-56-35-32-50(43-74)65(49-30-28-47(29-31-49)45-20-13-10-14-21-45)69(56)79-68(58)59(39-52)62-36-33-51(44-75-62)46-22-15-11-16-23-46;/h10-38,40-42,44,78H,1-9H3;/q-1;. The van der Waals surface area contributed by atoms with Crippen molar-refractivity contribution in [1.29, 1.82) is 5.26 Å². The van der Waals surface area contributed by atoms with Gasteiger partial charge in [0.2, 0.25) is 0 Å². The van der Waals surface area contributed by atoms with Gasteiger partial charge in [0.15, 0.2) is 0 Å². The molecule has 7 heteroatoms. The Balaban J connectivity index is 0.00000675. The zero-order valence-electron chi connectivity index (χ0n) is 46.5. The number of para-hydroxylation sites is 1. The van der Waals surface area contributed by atoms with Gasteiger partial charge in [-0.05, 0) is 96.5 Å². The van der Waals surface area contributed by atoms with Crippen molar-refractivity contribution in [2.24, 2.45) is 0 Å². The molecule has 0 aliphatic carbocycles. The summed E-state index contributed by atoms with van der Waals surface area (Å²) in [6.45, 7) is 19.8. The summed E-state index contributed by atoms with van der Waals surface area (Å²) in [6.07, 6.45) is 1.90. The molecule has 0 atom stereocenters. The molecule has 0 spiro atoms. The van der Waals surface area contributed by atoms with Crippen LogP contribution in [-0.4, -0.2) is 19.6 Å². The smallest absolute Gasteiger partial charge is 0.148 e. The fourth-order valence-corrected chi connectivity index (χ4v) is 11.0. The normalized spacial score (nSPS) is 12.0. The summed E-state index contributed by atoms with van der Waals surface area (Å²) < 4.78 is 9.37.